The Kier molecular flexibility index (Phi) is 5.62. The first-order valence-corrected chi connectivity index (χ1v) is 20.2. The van der Waals surface area contributed by atoms with E-state index in [2.05, 4.69) is 179 Å². The summed E-state index contributed by atoms with van der Waals surface area (Å²) in [6.45, 7) is 0. The Hall–Kier alpha value is -7.34. The second kappa shape index (κ2) is 10.7. The fourth-order valence-electron chi connectivity index (χ4n) is 10.1. The molecule has 0 saturated heterocycles. The van der Waals surface area contributed by atoms with Crippen molar-refractivity contribution in [3.63, 3.8) is 0 Å². The number of rotatable bonds is 2. The minimum atomic E-state index is 0.672. The van der Waals surface area contributed by atoms with Crippen molar-refractivity contribution in [1.82, 2.24) is 18.9 Å². The maximum atomic E-state index is 5.71. The van der Waals surface area contributed by atoms with Crippen LogP contribution < -0.4 is 0 Å². The smallest absolute Gasteiger partial charge is 0.235 e. The van der Waals surface area contributed by atoms with Gasteiger partial charge in [0.15, 0.2) is 0 Å². The molecule has 14 rings (SSSR count). The summed E-state index contributed by atoms with van der Waals surface area (Å²) in [7, 11) is 0. The van der Waals surface area contributed by atoms with Gasteiger partial charge in [0.25, 0.3) is 0 Å². The number of aromatic nitrogens is 4. The van der Waals surface area contributed by atoms with Crippen LogP contribution in [0.4, 0.5) is 0 Å². The van der Waals surface area contributed by atoms with Crippen LogP contribution in [0.15, 0.2) is 170 Å². The number of thiophene rings is 1. The highest BCUT2D eigenvalue weighted by atomic mass is 32.1. The molecule has 0 fully saturated rings. The third-order valence-electron chi connectivity index (χ3n) is 12.4. The molecule has 262 valence electrons. The topological polar surface area (TPSA) is 35.1 Å². The summed E-state index contributed by atoms with van der Waals surface area (Å²) in [5, 5.41) is 15.7. The summed E-state index contributed by atoms with van der Waals surface area (Å²) in [4.78, 5) is 11.3. The molecule has 5 heteroatoms. The molecule has 0 bridgehead atoms. The van der Waals surface area contributed by atoms with Gasteiger partial charge in [-0.1, -0.05) is 140 Å². The number of para-hydroxylation sites is 2. The molecular formula is C52H28N4S. The van der Waals surface area contributed by atoms with Crippen molar-refractivity contribution < 1.29 is 0 Å². The zero-order chi connectivity index (χ0) is 36.9. The van der Waals surface area contributed by atoms with Crippen molar-refractivity contribution in [2.75, 3.05) is 0 Å². The average molecular weight is 741 g/mol. The Morgan fingerprint density at radius 1 is 0.404 bits per heavy atom. The second-order valence-electron chi connectivity index (χ2n) is 15.3. The van der Waals surface area contributed by atoms with Crippen LogP contribution in [0.3, 0.4) is 0 Å². The molecular weight excluding hydrogens is 713 g/mol. The van der Waals surface area contributed by atoms with Gasteiger partial charge in [-0.25, -0.2) is 9.97 Å². The van der Waals surface area contributed by atoms with Crippen molar-refractivity contribution in [3.8, 4) is 17.2 Å². The van der Waals surface area contributed by atoms with Crippen molar-refractivity contribution >= 4 is 124 Å². The van der Waals surface area contributed by atoms with Gasteiger partial charge in [0, 0.05) is 58.7 Å². The quantitative estimate of drug-likeness (QED) is 0.165. The van der Waals surface area contributed by atoms with Gasteiger partial charge in [-0.15, -0.1) is 11.3 Å². The number of benzene rings is 9. The van der Waals surface area contributed by atoms with Gasteiger partial charge in [0.05, 0.1) is 43.5 Å². The lowest BCUT2D eigenvalue weighted by molar-refractivity contribution is 1.02. The zero-order valence-electron chi connectivity index (χ0n) is 30.4. The molecule has 0 aliphatic rings. The normalized spacial score (nSPS) is 12.6. The van der Waals surface area contributed by atoms with E-state index in [-0.39, 0.29) is 0 Å². The lowest BCUT2D eigenvalue weighted by atomic mass is 9.98. The van der Waals surface area contributed by atoms with Gasteiger partial charge < -0.3 is 4.40 Å². The van der Waals surface area contributed by atoms with Crippen LogP contribution in [0.5, 0.6) is 0 Å². The Morgan fingerprint density at radius 2 is 1.11 bits per heavy atom. The first-order valence-electron chi connectivity index (χ1n) is 19.4. The summed E-state index contributed by atoms with van der Waals surface area (Å²) >= 11 is 1.87. The molecule has 0 N–H and O–H groups in total. The van der Waals surface area contributed by atoms with Crippen molar-refractivity contribution in [3.05, 3.63) is 170 Å². The lowest BCUT2D eigenvalue weighted by Gasteiger charge is -2.15. The van der Waals surface area contributed by atoms with Crippen molar-refractivity contribution in [2.24, 2.45) is 0 Å². The van der Waals surface area contributed by atoms with Crippen LogP contribution in [-0.4, -0.2) is 18.9 Å². The minimum absolute atomic E-state index is 0.672. The SMILES string of the molecule is c1ccc(-c2nc(-n3c4c5ccccc5cc5c6cccc7c8ccccc8n(c8cc9c%10ccccc%10sc9c3c8c54)c67)nc3ccc4ccccc4c23)cc1. The van der Waals surface area contributed by atoms with E-state index in [4.69, 9.17) is 9.97 Å². The summed E-state index contributed by atoms with van der Waals surface area (Å²) in [6, 6.07) is 61.9. The Labute approximate surface area is 328 Å². The van der Waals surface area contributed by atoms with E-state index in [1.807, 2.05) is 11.3 Å². The highest BCUT2D eigenvalue weighted by Gasteiger charge is 2.28. The minimum Gasteiger partial charge on any atom is -0.308 e. The number of nitrogens with zero attached hydrogens (tertiary/aromatic N) is 4. The van der Waals surface area contributed by atoms with E-state index in [1.54, 1.807) is 0 Å². The Bertz CT molecular complexity index is 4040. The molecule has 0 amide bonds. The molecule has 0 radical (unpaired) electrons. The summed E-state index contributed by atoms with van der Waals surface area (Å²) in [6.07, 6.45) is 0. The van der Waals surface area contributed by atoms with E-state index >= 15 is 0 Å². The monoisotopic (exact) mass is 740 g/mol. The third-order valence-corrected chi connectivity index (χ3v) is 13.6. The Morgan fingerprint density at radius 3 is 1.98 bits per heavy atom. The van der Waals surface area contributed by atoms with Gasteiger partial charge in [0.2, 0.25) is 5.95 Å². The first-order chi connectivity index (χ1) is 28.3. The maximum Gasteiger partial charge on any atom is 0.235 e. The number of hydrogen-bond donors (Lipinski definition) is 0. The fraction of sp³-hybridized carbons (Fsp3) is 0. The van der Waals surface area contributed by atoms with Crippen LogP contribution in [0.25, 0.3) is 130 Å². The standard InChI is InChI=1S/C52H28N4S/c1-2-14-30(15-3-1)47-44-32-17-6-4-13-29(32)25-26-40(44)53-52(54-47)56-49-33-18-7-5-16-31(33)27-38-37-22-12-21-36-34-19-8-10-23-41(34)55(48(36)37)42-28-39-35-20-9-11-24-43(35)57-51(39)50(56)46(42)45(38)49/h1-28H. The summed E-state index contributed by atoms with van der Waals surface area (Å²) in [5.74, 6) is 0.672. The summed E-state index contributed by atoms with van der Waals surface area (Å²) in [5.41, 5.74) is 8.85. The first kappa shape index (κ1) is 29.9. The molecule has 9 aromatic carbocycles. The zero-order valence-corrected chi connectivity index (χ0v) is 31.2. The molecule has 0 atom stereocenters. The predicted molar refractivity (Wildman–Crippen MR) is 242 cm³/mol. The van der Waals surface area contributed by atoms with Crippen LogP contribution in [0.1, 0.15) is 0 Å². The second-order valence-corrected chi connectivity index (χ2v) is 16.3. The van der Waals surface area contributed by atoms with E-state index in [0.717, 1.165) is 38.6 Å². The Balaban J connectivity index is 1.32. The van der Waals surface area contributed by atoms with Gasteiger partial charge in [-0.2, -0.15) is 0 Å². The van der Waals surface area contributed by atoms with Crippen LogP contribution in [-0.2, 0) is 0 Å². The van der Waals surface area contributed by atoms with Crippen LogP contribution in [0, 0.1) is 0 Å². The van der Waals surface area contributed by atoms with Crippen molar-refractivity contribution in [2.45, 2.75) is 0 Å². The van der Waals surface area contributed by atoms with Gasteiger partial charge in [-0.05, 0) is 51.9 Å². The highest BCUT2D eigenvalue weighted by molar-refractivity contribution is 7.26. The van der Waals surface area contributed by atoms with E-state index in [1.165, 1.54) is 85.2 Å². The average Bonchev–Trinajstić information content (AvgIpc) is 3.92. The molecule has 4 nitrogen and oxygen atoms in total. The van der Waals surface area contributed by atoms with Gasteiger partial charge >= 0.3 is 0 Å². The largest absolute Gasteiger partial charge is 0.308 e. The number of hydrogen-bond acceptors (Lipinski definition) is 3. The van der Waals surface area contributed by atoms with Crippen molar-refractivity contribution in [1.29, 1.82) is 0 Å². The molecule has 14 aromatic rings. The number of fused-ring (bicyclic) bond motifs is 14. The third kappa shape index (κ3) is 3.77. The maximum absolute atomic E-state index is 5.71. The van der Waals surface area contributed by atoms with E-state index < -0.39 is 0 Å². The van der Waals surface area contributed by atoms with E-state index in [9.17, 15) is 0 Å². The summed E-state index contributed by atoms with van der Waals surface area (Å²) < 4.78 is 7.48. The van der Waals surface area contributed by atoms with E-state index in [0.29, 0.717) is 5.95 Å². The predicted octanol–water partition coefficient (Wildman–Crippen LogP) is 14.2. The van der Waals surface area contributed by atoms with Gasteiger partial charge in [-0.3, -0.25) is 4.57 Å². The molecule has 5 aromatic heterocycles. The van der Waals surface area contributed by atoms with Crippen LogP contribution >= 0.6 is 11.3 Å². The highest BCUT2D eigenvalue weighted by Crippen LogP contribution is 2.51. The lowest BCUT2D eigenvalue weighted by Crippen LogP contribution is -2.04. The molecule has 0 unspecified atom stereocenters. The molecule has 57 heavy (non-hydrogen) atoms. The molecule has 0 saturated carbocycles. The van der Waals surface area contributed by atoms with Crippen LogP contribution in [0.2, 0.25) is 0 Å². The fourth-order valence-corrected chi connectivity index (χ4v) is 11.3. The molecule has 0 spiro atoms. The molecule has 0 aliphatic heterocycles. The van der Waals surface area contributed by atoms with Gasteiger partial charge in [0.1, 0.15) is 0 Å². The molecule has 0 aliphatic carbocycles. The molecule has 5 heterocycles.